The van der Waals surface area contributed by atoms with E-state index in [4.69, 9.17) is 0 Å². The van der Waals surface area contributed by atoms with Crippen LogP contribution in [0.4, 0.5) is 10.1 Å². The van der Waals surface area contributed by atoms with Crippen molar-refractivity contribution < 1.29 is 22.4 Å². The smallest absolute Gasteiger partial charge is 0.261 e. The number of nitrogens with one attached hydrogen (secondary N) is 2. The molecule has 2 N–H and O–H groups in total. The zero-order chi connectivity index (χ0) is 23.5. The van der Waals surface area contributed by atoms with Crippen LogP contribution in [0.15, 0.2) is 47.4 Å². The first-order valence-corrected chi connectivity index (χ1v) is 12.0. The van der Waals surface area contributed by atoms with Crippen LogP contribution in [0.2, 0.25) is 0 Å². The van der Waals surface area contributed by atoms with Gasteiger partial charge in [0.05, 0.1) is 4.90 Å². The van der Waals surface area contributed by atoms with Crippen molar-refractivity contribution in [1.29, 1.82) is 0 Å². The maximum atomic E-state index is 13.8. The minimum absolute atomic E-state index is 0.0479. The van der Waals surface area contributed by atoms with Crippen LogP contribution >= 0.6 is 0 Å². The van der Waals surface area contributed by atoms with E-state index in [0.717, 1.165) is 18.9 Å². The number of amides is 2. The van der Waals surface area contributed by atoms with Crippen molar-refractivity contribution in [2.45, 2.75) is 44.6 Å². The molecule has 9 heteroatoms. The molecule has 1 saturated heterocycles. The van der Waals surface area contributed by atoms with Gasteiger partial charge in [-0.1, -0.05) is 26.0 Å². The molecule has 0 radical (unpaired) electrons. The molecule has 1 aliphatic rings. The first-order chi connectivity index (χ1) is 15.1. The highest BCUT2D eigenvalue weighted by atomic mass is 32.2. The van der Waals surface area contributed by atoms with E-state index in [1.54, 1.807) is 24.0 Å². The third-order valence-electron chi connectivity index (χ3n) is 5.39. The molecule has 172 valence electrons. The normalized spacial score (nSPS) is 16.7. The largest absolute Gasteiger partial charge is 0.351 e. The van der Waals surface area contributed by atoms with Gasteiger partial charge in [0.15, 0.2) is 0 Å². The van der Waals surface area contributed by atoms with E-state index in [2.05, 4.69) is 10.0 Å². The quantitative estimate of drug-likeness (QED) is 0.690. The molecule has 0 aromatic heterocycles. The van der Waals surface area contributed by atoms with Gasteiger partial charge in [-0.05, 0) is 55.7 Å². The summed E-state index contributed by atoms with van der Waals surface area (Å²) in [5.74, 6) is -1.03. The molecule has 7 nitrogen and oxygen atoms in total. The van der Waals surface area contributed by atoms with Crippen LogP contribution < -0.4 is 10.0 Å². The number of piperidine rings is 1. The van der Waals surface area contributed by atoms with E-state index < -0.39 is 15.8 Å². The lowest BCUT2D eigenvalue weighted by molar-refractivity contribution is -0.125. The Morgan fingerprint density at radius 2 is 1.91 bits per heavy atom. The second kappa shape index (κ2) is 9.68. The summed E-state index contributed by atoms with van der Waals surface area (Å²) in [5.41, 5.74) is 0.885. The van der Waals surface area contributed by atoms with Crippen LogP contribution in [0.5, 0.6) is 0 Å². The molecule has 1 atom stereocenters. The molecule has 1 fully saturated rings. The van der Waals surface area contributed by atoms with Crippen molar-refractivity contribution in [2.24, 2.45) is 5.92 Å². The summed E-state index contributed by atoms with van der Waals surface area (Å²) in [5, 5.41) is 2.97. The number of anilines is 1. The van der Waals surface area contributed by atoms with E-state index in [1.807, 2.05) is 13.8 Å². The predicted octanol–water partition coefficient (Wildman–Crippen LogP) is 3.31. The van der Waals surface area contributed by atoms with E-state index in [9.17, 15) is 22.4 Å². The Labute approximate surface area is 188 Å². The van der Waals surface area contributed by atoms with Crippen LogP contribution in [0, 0.1) is 18.7 Å². The third-order valence-corrected chi connectivity index (χ3v) is 6.77. The van der Waals surface area contributed by atoms with Gasteiger partial charge in [0.1, 0.15) is 5.82 Å². The van der Waals surface area contributed by atoms with Crippen molar-refractivity contribution in [1.82, 2.24) is 10.2 Å². The molecule has 1 heterocycles. The lowest BCUT2D eigenvalue weighted by Gasteiger charge is -2.33. The first-order valence-electron chi connectivity index (χ1n) is 10.6. The van der Waals surface area contributed by atoms with E-state index in [-0.39, 0.29) is 34.4 Å². The highest BCUT2D eigenvalue weighted by Gasteiger charge is 2.26. The van der Waals surface area contributed by atoms with Crippen LogP contribution in [0.3, 0.4) is 0 Å². The van der Waals surface area contributed by atoms with Gasteiger partial charge in [0.2, 0.25) is 5.91 Å². The molecular formula is C23H28FN3O4S. The van der Waals surface area contributed by atoms with Crippen LogP contribution in [0.25, 0.3) is 0 Å². The molecule has 0 aliphatic carbocycles. The lowest BCUT2D eigenvalue weighted by Crippen LogP contribution is -2.50. The van der Waals surface area contributed by atoms with Crippen LogP contribution in [0.1, 0.15) is 42.6 Å². The average molecular weight is 462 g/mol. The summed E-state index contributed by atoms with van der Waals surface area (Å²) in [6.07, 6.45) is 1.56. The Hall–Kier alpha value is -2.94. The highest BCUT2D eigenvalue weighted by molar-refractivity contribution is 7.92. The number of nitrogens with zero attached hydrogens (tertiary/aromatic N) is 1. The predicted molar refractivity (Wildman–Crippen MR) is 120 cm³/mol. The van der Waals surface area contributed by atoms with Gasteiger partial charge in [0.25, 0.3) is 15.9 Å². The number of rotatable bonds is 6. The van der Waals surface area contributed by atoms with Gasteiger partial charge in [0, 0.05) is 36.3 Å². The number of aryl methyl sites for hydroxylation is 1. The second-order valence-corrected chi connectivity index (χ2v) is 10.0. The van der Waals surface area contributed by atoms with Crippen molar-refractivity contribution in [3.63, 3.8) is 0 Å². The highest BCUT2D eigenvalue weighted by Crippen LogP contribution is 2.21. The third kappa shape index (κ3) is 5.64. The summed E-state index contributed by atoms with van der Waals surface area (Å²) in [6, 6.07) is 9.77. The van der Waals surface area contributed by atoms with Crippen molar-refractivity contribution >= 4 is 27.5 Å². The van der Waals surface area contributed by atoms with Gasteiger partial charge in [-0.2, -0.15) is 0 Å². The second-order valence-electron chi connectivity index (χ2n) is 8.35. The maximum absolute atomic E-state index is 13.8. The van der Waals surface area contributed by atoms with Crippen molar-refractivity contribution in [2.75, 3.05) is 17.8 Å². The summed E-state index contributed by atoms with van der Waals surface area (Å²) >= 11 is 0. The summed E-state index contributed by atoms with van der Waals surface area (Å²) in [4.78, 5) is 26.5. The fourth-order valence-corrected chi connectivity index (χ4v) is 4.56. The minimum atomic E-state index is -4.01. The summed E-state index contributed by atoms with van der Waals surface area (Å²) < 4.78 is 41.5. The average Bonchev–Trinajstić information content (AvgIpc) is 2.75. The number of benzene rings is 2. The first kappa shape index (κ1) is 23.7. The number of likely N-dealkylation sites (tertiary alicyclic amines) is 1. The number of hydrogen-bond acceptors (Lipinski definition) is 4. The number of sulfonamides is 1. The standard InChI is InChI=1S/C23H28FN3O4S/c1-15(2)22(28)25-19-8-5-11-27(14-19)23(29)17-6-4-7-18(12-17)26-32(30,31)20-10-9-16(3)21(24)13-20/h4,6-7,9-10,12-13,15,19,26H,5,8,11,14H2,1-3H3,(H,25,28). The molecule has 0 bridgehead atoms. The number of hydrogen-bond donors (Lipinski definition) is 2. The number of halogens is 1. The van der Waals surface area contributed by atoms with E-state index in [1.165, 1.54) is 24.3 Å². The van der Waals surface area contributed by atoms with Gasteiger partial charge in [-0.3, -0.25) is 14.3 Å². The zero-order valence-electron chi connectivity index (χ0n) is 18.4. The molecule has 1 unspecified atom stereocenters. The summed E-state index contributed by atoms with van der Waals surface area (Å²) in [7, 11) is -4.01. The Morgan fingerprint density at radius 3 is 2.59 bits per heavy atom. The Balaban J connectivity index is 1.73. The number of carbonyl (C=O) groups excluding carboxylic acids is 2. The van der Waals surface area contributed by atoms with E-state index in [0.29, 0.717) is 24.2 Å². The Kier molecular flexibility index (Phi) is 7.18. The molecule has 2 amide bonds. The molecule has 0 saturated carbocycles. The fraction of sp³-hybridized carbons (Fsp3) is 0.391. The van der Waals surface area contributed by atoms with Gasteiger partial charge >= 0.3 is 0 Å². The van der Waals surface area contributed by atoms with Crippen molar-refractivity contribution in [3.8, 4) is 0 Å². The van der Waals surface area contributed by atoms with Gasteiger partial charge in [-0.15, -0.1) is 0 Å². The van der Waals surface area contributed by atoms with Crippen LogP contribution in [-0.2, 0) is 14.8 Å². The Bertz CT molecular complexity index is 1120. The maximum Gasteiger partial charge on any atom is 0.261 e. The zero-order valence-corrected chi connectivity index (χ0v) is 19.2. The number of carbonyl (C=O) groups is 2. The lowest BCUT2D eigenvalue weighted by atomic mass is 10.0. The van der Waals surface area contributed by atoms with Gasteiger partial charge in [-0.25, -0.2) is 12.8 Å². The Morgan fingerprint density at radius 1 is 1.16 bits per heavy atom. The van der Waals surface area contributed by atoms with Crippen molar-refractivity contribution in [3.05, 3.63) is 59.4 Å². The van der Waals surface area contributed by atoms with E-state index >= 15 is 0 Å². The van der Waals surface area contributed by atoms with Crippen LogP contribution in [-0.4, -0.2) is 44.3 Å². The molecule has 32 heavy (non-hydrogen) atoms. The fourth-order valence-electron chi connectivity index (χ4n) is 3.50. The summed E-state index contributed by atoms with van der Waals surface area (Å²) in [6.45, 7) is 6.15. The molecule has 2 aromatic carbocycles. The molecule has 3 rings (SSSR count). The molecular weight excluding hydrogens is 433 g/mol. The molecule has 0 spiro atoms. The molecule has 1 aliphatic heterocycles. The SMILES string of the molecule is Cc1ccc(S(=O)(=O)Nc2cccc(C(=O)N3CCCC(NC(=O)C(C)C)C3)c2)cc1F. The molecule has 2 aromatic rings. The topological polar surface area (TPSA) is 95.6 Å². The minimum Gasteiger partial charge on any atom is -0.351 e. The monoisotopic (exact) mass is 461 g/mol. The van der Waals surface area contributed by atoms with Gasteiger partial charge < -0.3 is 10.2 Å².